The van der Waals surface area contributed by atoms with Gasteiger partial charge in [-0.05, 0) is 91.4 Å². The van der Waals surface area contributed by atoms with Gasteiger partial charge in [-0.15, -0.1) is 0 Å². The first-order valence-corrected chi connectivity index (χ1v) is 12.8. The van der Waals surface area contributed by atoms with Crippen LogP contribution in [0.3, 0.4) is 0 Å². The number of nitriles is 2. The number of fused-ring (bicyclic) bond motifs is 3. The molecule has 0 amide bonds. The summed E-state index contributed by atoms with van der Waals surface area (Å²) < 4.78 is 14.8. The van der Waals surface area contributed by atoms with Crippen LogP contribution in [0.2, 0.25) is 0 Å². The molecule has 2 bridgehead atoms. The first-order chi connectivity index (χ1) is 16.0. The summed E-state index contributed by atoms with van der Waals surface area (Å²) in [6, 6.07) is 14.0. The van der Waals surface area contributed by atoms with Gasteiger partial charge >= 0.3 is 0 Å². The molecule has 0 radical (unpaired) electrons. The summed E-state index contributed by atoms with van der Waals surface area (Å²) in [7, 11) is 0. The van der Waals surface area contributed by atoms with Crippen LogP contribution >= 0.6 is 0 Å². The van der Waals surface area contributed by atoms with E-state index in [1.165, 1.54) is 38.2 Å². The molecular weight excluding hydrogens is 407 g/mol. The summed E-state index contributed by atoms with van der Waals surface area (Å²) >= 11 is 0. The highest BCUT2D eigenvalue weighted by Gasteiger charge is 2.49. The normalized spacial score (nSPS) is 23.8. The largest absolute Gasteiger partial charge is 0.207 e. The molecule has 3 saturated carbocycles. The van der Waals surface area contributed by atoms with Gasteiger partial charge in [-0.25, -0.2) is 4.39 Å². The number of benzene rings is 2. The second-order valence-electron chi connectivity index (χ2n) is 10.4. The van der Waals surface area contributed by atoms with E-state index in [1.54, 1.807) is 0 Å². The Morgan fingerprint density at radius 3 is 2.12 bits per heavy atom. The summed E-state index contributed by atoms with van der Waals surface area (Å²) in [4.78, 5) is 0. The van der Waals surface area contributed by atoms with Gasteiger partial charge in [0, 0.05) is 5.56 Å². The Morgan fingerprint density at radius 2 is 1.55 bits per heavy atom. The van der Waals surface area contributed by atoms with Crippen molar-refractivity contribution in [3.8, 4) is 23.3 Å². The van der Waals surface area contributed by atoms with Crippen LogP contribution in [0.5, 0.6) is 0 Å². The molecule has 3 heteroatoms. The predicted molar refractivity (Wildman–Crippen MR) is 131 cm³/mol. The fourth-order valence-corrected chi connectivity index (χ4v) is 6.57. The van der Waals surface area contributed by atoms with Gasteiger partial charge in [0.25, 0.3) is 0 Å². The van der Waals surface area contributed by atoms with E-state index < -0.39 is 0 Å². The third kappa shape index (κ3) is 4.31. The monoisotopic (exact) mass is 442 g/mol. The molecule has 2 nitrogen and oxygen atoms in total. The van der Waals surface area contributed by atoms with Gasteiger partial charge in [-0.1, -0.05) is 57.4 Å². The first kappa shape index (κ1) is 23.5. The van der Waals surface area contributed by atoms with E-state index in [1.807, 2.05) is 18.2 Å². The number of hydrogen-bond acceptors (Lipinski definition) is 2. The van der Waals surface area contributed by atoms with Crippen LogP contribution < -0.4 is 0 Å². The smallest absolute Gasteiger partial charge is 0.127 e. The number of hydrogen-bond donors (Lipinski definition) is 0. The van der Waals surface area contributed by atoms with Crippen LogP contribution in [0.25, 0.3) is 11.1 Å². The lowest BCUT2D eigenvalue weighted by Crippen LogP contribution is -2.44. The summed E-state index contributed by atoms with van der Waals surface area (Å²) in [6.45, 7) is 4.42. The highest BCUT2D eigenvalue weighted by molar-refractivity contribution is 5.75. The summed E-state index contributed by atoms with van der Waals surface area (Å²) in [5.74, 6) is -0.222. The molecule has 2 aromatic rings. The molecule has 0 saturated heterocycles. The lowest BCUT2D eigenvalue weighted by Gasteiger charge is -2.54. The Kier molecular flexibility index (Phi) is 6.90. The van der Waals surface area contributed by atoms with E-state index in [0.29, 0.717) is 27.7 Å². The Labute approximate surface area is 198 Å². The molecule has 0 atom stereocenters. The maximum absolute atomic E-state index is 14.8. The van der Waals surface area contributed by atoms with Crippen LogP contribution in [-0.4, -0.2) is 0 Å². The van der Waals surface area contributed by atoms with Gasteiger partial charge in [0.15, 0.2) is 0 Å². The van der Waals surface area contributed by atoms with Crippen LogP contribution in [-0.2, 0) is 11.8 Å². The summed E-state index contributed by atoms with van der Waals surface area (Å²) in [5, 5.41) is 20.2. The Hall–Kier alpha value is -2.65. The fraction of sp³-hybridized carbons (Fsp3) is 0.533. The van der Waals surface area contributed by atoms with Crippen molar-refractivity contribution < 1.29 is 4.39 Å². The second-order valence-corrected chi connectivity index (χ2v) is 10.4. The van der Waals surface area contributed by atoms with Crippen molar-refractivity contribution in [2.45, 2.75) is 96.3 Å². The molecular formula is C30H35FN2. The van der Waals surface area contributed by atoms with Crippen molar-refractivity contribution in [1.82, 2.24) is 0 Å². The molecule has 3 aliphatic carbocycles. The molecule has 0 unspecified atom stereocenters. The Bertz CT molecular complexity index is 1080. The van der Waals surface area contributed by atoms with Gasteiger partial charge in [0.05, 0.1) is 11.1 Å². The zero-order valence-corrected chi connectivity index (χ0v) is 20.1. The molecule has 3 fully saturated rings. The SMILES string of the molecule is CCCCCc1ccc(-c2ccc(C34CCC(CCC)(CC3)CC4)c(C#N)c2C#N)cc1F. The van der Waals surface area contributed by atoms with Gasteiger partial charge in [0.2, 0.25) is 0 Å². The number of aryl methyl sites for hydroxylation is 1. The molecule has 2 aromatic carbocycles. The van der Waals surface area contributed by atoms with Crippen LogP contribution in [0, 0.1) is 33.9 Å². The highest BCUT2D eigenvalue weighted by Crippen LogP contribution is 2.60. The third-order valence-electron chi connectivity index (χ3n) is 8.60. The highest BCUT2D eigenvalue weighted by atomic mass is 19.1. The molecule has 5 rings (SSSR count). The minimum Gasteiger partial charge on any atom is -0.207 e. The third-order valence-corrected chi connectivity index (χ3v) is 8.60. The molecule has 3 aliphatic rings. The predicted octanol–water partition coefficient (Wildman–Crippen LogP) is 8.36. The maximum atomic E-state index is 14.8. The molecule has 0 spiro atoms. The quantitative estimate of drug-likeness (QED) is 0.386. The van der Waals surface area contributed by atoms with E-state index in [-0.39, 0.29) is 11.2 Å². The minimum absolute atomic E-state index is 0.0130. The van der Waals surface area contributed by atoms with Crippen LogP contribution in [0.1, 0.15) is 107 Å². The van der Waals surface area contributed by atoms with Gasteiger partial charge in [-0.3, -0.25) is 0 Å². The van der Waals surface area contributed by atoms with Crippen molar-refractivity contribution in [2.24, 2.45) is 5.41 Å². The van der Waals surface area contributed by atoms with E-state index in [4.69, 9.17) is 0 Å². The van der Waals surface area contributed by atoms with Gasteiger partial charge in [-0.2, -0.15) is 10.5 Å². The van der Waals surface area contributed by atoms with Gasteiger partial charge < -0.3 is 0 Å². The molecule has 0 aliphatic heterocycles. The van der Waals surface area contributed by atoms with Crippen molar-refractivity contribution in [2.75, 3.05) is 0 Å². The second kappa shape index (κ2) is 9.69. The maximum Gasteiger partial charge on any atom is 0.127 e. The van der Waals surface area contributed by atoms with E-state index in [0.717, 1.165) is 56.1 Å². The van der Waals surface area contributed by atoms with Crippen LogP contribution in [0.4, 0.5) is 4.39 Å². The zero-order valence-electron chi connectivity index (χ0n) is 20.1. The van der Waals surface area contributed by atoms with Gasteiger partial charge in [0.1, 0.15) is 18.0 Å². The van der Waals surface area contributed by atoms with Crippen molar-refractivity contribution in [1.29, 1.82) is 10.5 Å². The standard InChI is InChI=1S/C30H35FN2/c1-3-5-6-7-22-8-9-23(19-28(22)31)24-10-11-27(26(21-33)25(24)20-32)30-16-13-29(12-4-2,14-17-30)15-18-30/h8-11,19H,3-7,12-18H2,1-2H3. The molecule has 33 heavy (non-hydrogen) atoms. The first-order valence-electron chi connectivity index (χ1n) is 12.8. The Balaban J connectivity index is 1.68. The van der Waals surface area contributed by atoms with E-state index in [2.05, 4.69) is 32.1 Å². The average Bonchev–Trinajstić information content (AvgIpc) is 2.85. The Morgan fingerprint density at radius 1 is 0.848 bits per heavy atom. The van der Waals surface area contributed by atoms with E-state index in [9.17, 15) is 14.9 Å². The lowest BCUT2D eigenvalue weighted by molar-refractivity contribution is 0.0319. The average molecular weight is 443 g/mol. The number of unbranched alkanes of at least 4 members (excludes halogenated alkanes) is 2. The summed E-state index contributed by atoms with van der Waals surface area (Å²) in [6.07, 6.45) is 13.4. The van der Waals surface area contributed by atoms with E-state index >= 15 is 0 Å². The van der Waals surface area contributed by atoms with Crippen molar-refractivity contribution in [3.63, 3.8) is 0 Å². The number of nitrogens with zero attached hydrogens (tertiary/aromatic N) is 2. The molecule has 172 valence electrons. The zero-order chi connectivity index (χ0) is 23.5. The number of rotatable bonds is 8. The van der Waals surface area contributed by atoms with Crippen molar-refractivity contribution >= 4 is 0 Å². The van der Waals surface area contributed by atoms with Crippen molar-refractivity contribution in [3.05, 3.63) is 58.4 Å². The molecule has 0 aromatic heterocycles. The number of halogens is 1. The topological polar surface area (TPSA) is 47.6 Å². The fourth-order valence-electron chi connectivity index (χ4n) is 6.57. The molecule has 0 heterocycles. The minimum atomic E-state index is -0.222. The lowest BCUT2D eigenvalue weighted by atomic mass is 9.50. The molecule has 0 N–H and O–H groups in total. The van der Waals surface area contributed by atoms with Crippen LogP contribution in [0.15, 0.2) is 30.3 Å². The summed E-state index contributed by atoms with van der Waals surface area (Å²) in [5.41, 5.74) is 4.54.